The number of hydrogen-bond acceptors (Lipinski definition) is 3. The number of aromatic nitrogens is 2. The molecule has 17 heavy (non-hydrogen) atoms. The topological polar surface area (TPSA) is 51.8 Å². The number of rotatable bonds is 2. The molecule has 2 N–H and O–H groups in total. The van der Waals surface area contributed by atoms with E-state index in [9.17, 15) is 0 Å². The largest absolute Gasteiger partial charge is 0.384 e. The second-order valence-electron chi connectivity index (χ2n) is 5.54. The predicted octanol–water partition coefficient (Wildman–Crippen LogP) is 3.37. The summed E-state index contributed by atoms with van der Waals surface area (Å²) >= 11 is 0. The third kappa shape index (κ3) is 2.28. The van der Waals surface area contributed by atoms with Crippen LogP contribution >= 0.6 is 0 Å². The lowest BCUT2D eigenvalue weighted by atomic mass is 10.0. The summed E-state index contributed by atoms with van der Waals surface area (Å²) in [7, 11) is 0. The highest BCUT2D eigenvalue weighted by Crippen LogP contribution is 2.36. The van der Waals surface area contributed by atoms with E-state index < -0.39 is 0 Å². The van der Waals surface area contributed by atoms with Gasteiger partial charge in [-0.2, -0.15) is 0 Å². The van der Waals surface area contributed by atoms with Crippen molar-refractivity contribution in [2.75, 3.05) is 5.73 Å². The molecule has 3 rings (SSSR count). The standard InChI is InChI=1S/C14H21N3/c15-13-9-12(10-5-1-2-6-10)16-14(17-13)11-7-3-4-8-11/h9-11H,1-8H2,(H2,15,16,17). The maximum absolute atomic E-state index is 5.94. The molecule has 0 spiro atoms. The zero-order valence-corrected chi connectivity index (χ0v) is 10.4. The minimum absolute atomic E-state index is 0.568. The Morgan fingerprint density at radius 1 is 0.882 bits per heavy atom. The predicted molar refractivity (Wildman–Crippen MR) is 68.9 cm³/mol. The van der Waals surface area contributed by atoms with Crippen LogP contribution in [0.15, 0.2) is 6.07 Å². The van der Waals surface area contributed by atoms with E-state index in [1.54, 1.807) is 0 Å². The zero-order chi connectivity index (χ0) is 11.7. The van der Waals surface area contributed by atoms with Crippen molar-refractivity contribution in [3.05, 3.63) is 17.6 Å². The molecule has 0 aromatic carbocycles. The van der Waals surface area contributed by atoms with Crippen molar-refractivity contribution in [2.45, 2.75) is 63.2 Å². The van der Waals surface area contributed by atoms with Gasteiger partial charge in [-0.3, -0.25) is 0 Å². The SMILES string of the molecule is Nc1cc(C2CCCC2)nc(C2CCCC2)n1. The van der Waals surface area contributed by atoms with Gasteiger partial charge in [-0.15, -0.1) is 0 Å². The Bertz CT molecular complexity index is 356. The summed E-state index contributed by atoms with van der Waals surface area (Å²) in [6.07, 6.45) is 10.4. The van der Waals surface area contributed by atoms with E-state index in [4.69, 9.17) is 10.7 Å². The van der Waals surface area contributed by atoms with Gasteiger partial charge in [0.05, 0.1) is 0 Å². The van der Waals surface area contributed by atoms with Gasteiger partial charge in [-0.25, -0.2) is 9.97 Å². The Hall–Kier alpha value is -1.12. The minimum atomic E-state index is 0.568. The van der Waals surface area contributed by atoms with Crippen LogP contribution in [-0.2, 0) is 0 Å². The molecule has 3 nitrogen and oxygen atoms in total. The van der Waals surface area contributed by atoms with Gasteiger partial charge in [0.15, 0.2) is 0 Å². The fraction of sp³-hybridized carbons (Fsp3) is 0.714. The summed E-state index contributed by atoms with van der Waals surface area (Å²) in [4.78, 5) is 9.26. The van der Waals surface area contributed by atoms with Crippen LogP contribution in [-0.4, -0.2) is 9.97 Å². The summed E-state index contributed by atoms with van der Waals surface area (Å²) in [6, 6.07) is 1.99. The fourth-order valence-electron chi connectivity index (χ4n) is 3.30. The number of nitrogens with zero attached hydrogens (tertiary/aromatic N) is 2. The summed E-state index contributed by atoms with van der Waals surface area (Å²) in [5.74, 6) is 2.90. The molecule has 0 saturated heterocycles. The lowest BCUT2D eigenvalue weighted by Gasteiger charge is -2.13. The Kier molecular flexibility index (Phi) is 3.00. The van der Waals surface area contributed by atoms with Crippen molar-refractivity contribution >= 4 is 5.82 Å². The molecule has 1 aromatic heterocycles. The van der Waals surface area contributed by atoms with Gasteiger partial charge in [0, 0.05) is 23.6 Å². The number of anilines is 1. The van der Waals surface area contributed by atoms with E-state index in [1.165, 1.54) is 57.1 Å². The highest BCUT2D eigenvalue weighted by Gasteiger charge is 2.24. The highest BCUT2D eigenvalue weighted by molar-refractivity contribution is 5.32. The first-order valence-electron chi connectivity index (χ1n) is 6.97. The second kappa shape index (κ2) is 4.63. The van der Waals surface area contributed by atoms with Gasteiger partial charge in [-0.05, 0) is 25.7 Å². The molecule has 2 fully saturated rings. The van der Waals surface area contributed by atoms with Gasteiger partial charge < -0.3 is 5.73 Å². The van der Waals surface area contributed by atoms with Gasteiger partial charge in [0.25, 0.3) is 0 Å². The molecule has 2 saturated carbocycles. The van der Waals surface area contributed by atoms with E-state index >= 15 is 0 Å². The molecule has 0 atom stereocenters. The lowest BCUT2D eigenvalue weighted by molar-refractivity contribution is 0.635. The van der Waals surface area contributed by atoms with Crippen LogP contribution in [0.25, 0.3) is 0 Å². The van der Waals surface area contributed by atoms with E-state index in [-0.39, 0.29) is 0 Å². The third-order valence-corrected chi connectivity index (χ3v) is 4.28. The summed E-state index contributed by atoms with van der Waals surface area (Å²) in [5.41, 5.74) is 7.15. The first kappa shape index (κ1) is 11.0. The van der Waals surface area contributed by atoms with Gasteiger partial charge in [0.1, 0.15) is 11.6 Å². The molecule has 2 aliphatic carbocycles. The zero-order valence-electron chi connectivity index (χ0n) is 10.4. The first-order chi connectivity index (χ1) is 8.33. The van der Waals surface area contributed by atoms with Crippen molar-refractivity contribution in [1.29, 1.82) is 0 Å². The lowest BCUT2D eigenvalue weighted by Crippen LogP contribution is -2.08. The molecule has 1 aromatic rings. The van der Waals surface area contributed by atoms with Crippen molar-refractivity contribution in [1.82, 2.24) is 9.97 Å². The van der Waals surface area contributed by atoms with Crippen molar-refractivity contribution in [2.24, 2.45) is 0 Å². The average Bonchev–Trinajstić information content (AvgIpc) is 3.02. The van der Waals surface area contributed by atoms with Crippen LogP contribution in [0.5, 0.6) is 0 Å². The Morgan fingerprint density at radius 3 is 2.12 bits per heavy atom. The van der Waals surface area contributed by atoms with Crippen LogP contribution in [0.4, 0.5) is 5.82 Å². The third-order valence-electron chi connectivity index (χ3n) is 4.28. The molecule has 0 amide bonds. The Morgan fingerprint density at radius 2 is 1.47 bits per heavy atom. The van der Waals surface area contributed by atoms with Crippen LogP contribution in [0.3, 0.4) is 0 Å². The summed E-state index contributed by atoms with van der Waals surface area (Å²) in [6.45, 7) is 0. The quantitative estimate of drug-likeness (QED) is 0.849. The molecule has 92 valence electrons. The monoisotopic (exact) mass is 231 g/mol. The smallest absolute Gasteiger partial charge is 0.134 e. The normalized spacial score (nSPS) is 22.4. The van der Waals surface area contributed by atoms with E-state index in [0.717, 1.165) is 5.82 Å². The molecule has 0 unspecified atom stereocenters. The van der Waals surface area contributed by atoms with E-state index in [1.807, 2.05) is 6.07 Å². The first-order valence-corrected chi connectivity index (χ1v) is 6.97. The molecule has 0 radical (unpaired) electrons. The highest BCUT2D eigenvalue weighted by atomic mass is 15.0. The minimum Gasteiger partial charge on any atom is -0.384 e. The second-order valence-corrected chi connectivity index (χ2v) is 5.54. The molecule has 0 bridgehead atoms. The maximum Gasteiger partial charge on any atom is 0.134 e. The van der Waals surface area contributed by atoms with Gasteiger partial charge in [-0.1, -0.05) is 25.7 Å². The Labute approximate surface area is 103 Å². The fourth-order valence-corrected chi connectivity index (χ4v) is 3.30. The molecular formula is C14H21N3. The molecule has 3 heteroatoms. The Balaban J connectivity index is 1.88. The summed E-state index contributed by atoms with van der Waals surface area (Å²) < 4.78 is 0. The number of nitrogens with two attached hydrogens (primary N) is 1. The molecule has 2 aliphatic rings. The molecule has 1 heterocycles. The van der Waals surface area contributed by atoms with Crippen molar-refractivity contribution in [3.63, 3.8) is 0 Å². The summed E-state index contributed by atoms with van der Waals surface area (Å²) in [5, 5.41) is 0. The number of hydrogen-bond donors (Lipinski definition) is 1. The number of nitrogen functional groups attached to an aromatic ring is 1. The molecule has 0 aliphatic heterocycles. The van der Waals surface area contributed by atoms with E-state index in [2.05, 4.69) is 4.98 Å². The van der Waals surface area contributed by atoms with Crippen LogP contribution < -0.4 is 5.73 Å². The maximum atomic E-state index is 5.94. The van der Waals surface area contributed by atoms with Crippen LogP contribution in [0, 0.1) is 0 Å². The van der Waals surface area contributed by atoms with Gasteiger partial charge >= 0.3 is 0 Å². The average molecular weight is 231 g/mol. The van der Waals surface area contributed by atoms with Gasteiger partial charge in [0.2, 0.25) is 0 Å². The van der Waals surface area contributed by atoms with Crippen LogP contribution in [0.2, 0.25) is 0 Å². The van der Waals surface area contributed by atoms with Crippen molar-refractivity contribution < 1.29 is 0 Å². The van der Waals surface area contributed by atoms with E-state index in [0.29, 0.717) is 17.7 Å². The van der Waals surface area contributed by atoms with Crippen molar-refractivity contribution in [3.8, 4) is 0 Å². The molecular weight excluding hydrogens is 210 g/mol. The van der Waals surface area contributed by atoms with Crippen LogP contribution in [0.1, 0.15) is 74.7 Å².